The van der Waals surface area contributed by atoms with Gasteiger partial charge in [0.2, 0.25) is 11.8 Å². The summed E-state index contributed by atoms with van der Waals surface area (Å²) < 4.78 is 29.5. The molecule has 5 rings (SSSR count). The third-order valence-electron chi connectivity index (χ3n) is 6.80. The minimum atomic E-state index is -0.809. The van der Waals surface area contributed by atoms with Crippen LogP contribution in [0.1, 0.15) is 45.6 Å². The van der Waals surface area contributed by atoms with E-state index in [2.05, 4.69) is 6.92 Å². The van der Waals surface area contributed by atoms with E-state index in [1.165, 1.54) is 21.6 Å². The number of aryl methyl sites for hydroxylation is 1. The minimum absolute atomic E-state index is 0.0252. The molecular weight excluding hydrogens is 452 g/mol. The van der Waals surface area contributed by atoms with Gasteiger partial charge < -0.3 is 23.4 Å². The molecule has 0 bridgehead atoms. The Morgan fingerprint density at radius 2 is 1.86 bits per heavy atom. The zero-order valence-corrected chi connectivity index (χ0v) is 20.5. The van der Waals surface area contributed by atoms with Crippen molar-refractivity contribution in [3.8, 4) is 0 Å². The predicted octanol–water partition coefficient (Wildman–Crippen LogP) is 4.25. The fraction of sp³-hybridized carbons (Fsp3) is 0.538. The Balaban J connectivity index is 1.44. The second kappa shape index (κ2) is 9.39. The number of imide groups is 1. The van der Waals surface area contributed by atoms with Gasteiger partial charge >= 0.3 is 6.03 Å². The molecule has 3 fully saturated rings. The van der Waals surface area contributed by atoms with E-state index in [0.717, 1.165) is 19.3 Å². The lowest BCUT2D eigenvalue weighted by Crippen LogP contribution is -2.63. The second-order valence-corrected chi connectivity index (χ2v) is 9.64. The summed E-state index contributed by atoms with van der Waals surface area (Å²) in [6.07, 6.45) is 2.36. The number of unbranched alkanes of at least 4 members (excludes halogenated alkanes) is 1. The van der Waals surface area contributed by atoms with Crippen molar-refractivity contribution in [1.82, 2.24) is 0 Å². The van der Waals surface area contributed by atoms with Crippen LogP contribution in [0, 0.1) is 0 Å². The van der Waals surface area contributed by atoms with Crippen molar-refractivity contribution in [3.63, 3.8) is 0 Å². The van der Waals surface area contributed by atoms with Gasteiger partial charge in [-0.1, -0.05) is 25.5 Å². The maximum absolute atomic E-state index is 13.8. The topological polar surface area (TPSA) is 90.7 Å². The number of fused-ring (bicyclic) bond motifs is 1. The van der Waals surface area contributed by atoms with Gasteiger partial charge in [-0.15, -0.1) is 0 Å². The zero-order chi connectivity index (χ0) is 24.7. The molecule has 0 spiro atoms. The smallest absolute Gasteiger partial charge is 0.338 e. The standard InChI is InChI=1S/C26H32N2O7/c1-5-6-8-16-10-12-17(13-11-16)27-19(29)15-18(28(25(27)30)20-9-7-14-32-20)21-22(31-4)23-24(33-21)35-26(2,3)34-23/h7,9-14,18,21-24H,5-6,8,15H2,1-4H3/t18?,21-,22+,23-,24-/m1/s1. The van der Waals surface area contributed by atoms with Crippen LogP contribution in [0.3, 0.4) is 0 Å². The van der Waals surface area contributed by atoms with E-state index in [-0.39, 0.29) is 12.3 Å². The van der Waals surface area contributed by atoms with E-state index in [0.29, 0.717) is 11.6 Å². The lowest BCUT2D eigenvalue weighted by atomic mass is 9.96. The fourth-order valence-electron chi connectivity index (χ4n) is 5.17. The van der Waals surface area contributed by atoms with E-state index >= 15 is 0 Å². The molecule has 1 aromatic heterocycles. The average Bonchev–Trinajstić information content (AvgIpc) is 3.52. The Kier molecular flexibility index (Phi) is 6.43. The zero-order valence-electron chi connectivity index (χ0n) is 20.5. The van der Waals surface area contributed by atoms with Gasteiger partial charge in [-0.2, -0.15) is 0 Å². The summed E-state index contributed by atoms with van der Waals surface area (Å²) in [5.41, 5.74) is 1.70. The lowest BCUT2D eigenvalue weighted by molar-refractivity contribution is -0.219. The molecule has 0 aliphatic carbocycles. The van der Waals surface area contributed by atoms with Gasteiger partial charge in [0.05, 0.1) is 24.4 Å². The number of hydrogen-bond acceptors (Lipinski definition) is 7. The largest absolute Gasteiger partial charge is 0.448 e. The normalized spacial score (nSPS) is 30.2. The Bertz CT molecular complexity index is 1050. The summed E-state index contributed by atoms with van der Waals surface area (Å²) in [6.45, 7) is 5.77. The number of urea groups is 1. The van der Waals surface area contributed by atoms with Gasteiger partial charge in [0.15, 0.2) is 12.1 Å². The highest BCUT2D eigenvalue weighted by Crippen LogP contribution is 2.42. The van der Waals surface area contributed by atoms with Crippen LogP contribution in [0.2, 0.25) is 0 Å². The maximum atomic E-state index is 13.8. The number of hydrogen-bond donors (Lipinski definition) is 0. The molecular formula is C26H32N2O7. The molecule has 3 aliphatic rings. The molecule has 9 nitrogen and oxygen atoms in total. The monoisotopic (exact) mass is 484 g/mol. The van der Waals surface area contributed by atoms with Gasteiger partial charge in [-0.25, -0.2) is 9.69 Å². The number of carbonyl (C=O) groups is 2. The first-order chi connectivity index (χ1) is 16.8. The van der Waals surface area contributed by atoms with Crippen LogP contribution >= 0.6 is 0 Å². The highest BCUT2D eigenvalue weighted by molar-refractivity contribution is 6.21. The molecule has 3 amide bonds. The molecule has 9 heteroatoms. The van der Waals surface area contributed by atoms with Crippen LogP contribution in [-0.4, -0.2) is 55.5 Å². The Morgan fingerprint density at radius 1 is 1.09 bits per heavy atom. The first-order valence-electron chi connectivity index (χ1n) is 12.2. The lowest BCUT2D eigenvalue weighted by Gasteiger charge is -2.42. The number of methoxy groups -OCH3 is 1. The van der Waals surface area contributed by atoms with Crippen LogP contribution < -0.4 is 9.80 Å². The van der Waals surface area contributed by atoms with Crippen molar-refractivity contribution < 1.29 is 33.0 Å². The summed E-state index contributed by atoms with van der Waals surface area (Å²) >= 11 is 0. The number of carbonyl (C=O) groups excluding carboxylic acids is 2. The van der Waals surface area contributed by atoms with E-state index < -0.39 is 42.5 Å². The van der Waals surface area contributed by atoms with Gasteiger partial charge in [0, 0.05) is 13.2 Å². The molecule has 1 unspecified atom stereocenters. The molecule has 35 heavy (non-hydrogen) atoms. The highest BCUT2D eigenvalue weighted by atomic mass is 16.8. The number of amides is 3. The van der Waals surface area contributed by atoms with E-state index in [1.54, 1.807) is 19.2 Å². The number of benzene rings is 1. The summed E-state index contributed by atoms with van der Waals surface area (Å²) in [6, 6.07) is 9.81. The van der Waals surface area contributed by atoms with E-state index in [4.69, 9.17) is 23.4 Å². The maximum Gasteiger partial charge on any atom is 0.338 e. The minimum Gasteiger partial charge on any atom is -0.448 e. The first-order valence-corrected chi connectivity index (χ1v) is 12.2. The average molecular weight is 485 g/mol. The molecule has 4 heterocycles. The Labute approximate surface area is 204 Å². The Morgan fingerprint density at radius 3 is 2.51 bits per heavy atom. The molecule has 1 aromatic carbocycles. The quantitative estimate of drug-likeness (QED) is 0.580. The Hall–Kier alpha value is -2.72. The molecule has 0 N–H and O–H groups in total. The molecule has 188 valence electrons. The van der Waals surface area contributed by atoms with Crippen molar-refractivity contribution in [2.24, 2.45) is 0 Å². The van der Waals surface area contributed by atoms with E-state index in [1.807, 2.05) is 38.1 Å². The third kappa shape index (κ3) is 4.38. The first kappa shape index (κ1) is 24.0. The number of rotatable bonds is 7. The van der Waals surface area contributed by atoms with Crippen molar-refractivity contribution in [1.29, 1.82) is 0 Å². The number of anilines is 2. The SMILES string of the molecule is CCCCc1ccc(N2C(=O)CC([C@H]3O[C@@H]4OC(C)(C)O[C@@H]4[C@H]3OC)N(c3ccco3)C2=O)cc1. The van der Waals surface area contributed by atoms with Crippen LogP contribution in [0.5, 0.6) is 0 Å². The molecule has 2 aromatic rings. The summed E-state index contributed by atoms with van der Waals surface area (Å²) in [7, 11) is 1.56. The number of ether oxygens (including phenoxy) is 4. The molecule has 0 radical (unpaired) electrons. The summed E-state index contributed by atoms with van der Waals surface area (Å²) in [4.78, 5) is 29.9. The van der Waals surface area contributed by atoms with Crippen molar-refractivity contribution in [2.75, 3.05) is 16.9 Å². The predicted molar refractivity (Wildman–Crippen MR) is 127 cm³/mol. The second-order valence-electron chi connectivity index (χ2n) is 9.64. The van der Waals surface area contributed by atoms with Crippen molar-refractivity contribution in [3.05, 3.63) is 48.2 Å². The van der Waals surface area contributed by atoms with Gasteiger partial charge in [-0.05, 0) is 50.5 Å². The molecule has 5 atom stereocenters. The van der Waals surface area contributed by atoms with Crippen molar-refractivity contribution >= 4 is 23.5 Å². The number of nitrogens with zero attached hydrogens (tertiary/aromatic N) is 2. The van der Waals surface area contributed by atoms with Crippen LogP contribution in [0.4, 0.5) is 16.4 Å². The van der Waals surface area contributed by atoms with Crippen LogP contribution in [0.25, 0.3) is 0 Å². The van der Waals surface area contributed by atoms with Crippen LogP contribution in [0.15, 0.2) is 47.1 Å². The van der Waals surface area contributed by atoms with E-state index in [9.17, 15) is 9.59 Å². The van der Waals surface area contributed by atoms with Crippen molar-refractivity contribution in [2.45, 2.75) is 82.9 Å². The third-order valence-corrected chi connectivity index (χ3v) is 6.80. The summed E-state index contributed by atoms with van der Waals surface area (Å²) in [5, 5.41) is 0. The fourth-order valence-corrected chi connectivity index (χ4v) is 5.17. The van der Waals surface area contributed by atoms with Gasteiger partial charge in [0.1, 0.15) is 18.3 Å². The molecule has 3 saturated heterocycles. The molecule has 0 saturated carbocycles. The van der Waals surface area contributed by atoms with Gasteiger partial charge in [-0.3, -0.25) is 9.69 Å². The molecule has 3 aliphatic heterocycles. The van der Waals surface area contributed by atoms with Crippen LogP contribution in [-0.2, 0) is 30.2 Å². The highest BCUT2D eigenvalue weighted by Gasteiger charge is 2.59. The summed E-state index contributed by atoms with van der Waals surface area (Å²) in [5.74, 6) is -0.799. The number of furan rings is 1. The van der Waals surface area contributed by atoms with Gasteiger partial charge in [0.25, 0.3) is 0 Å².